The Labute approximate surface area is 167 Å². The van der Waals surface area contributed by atoms with Crippen LogP contribution in [0.1, 0.15) is 45.9 Å². The number of hydrogen-bond acceptors (Lipinski definition) is 5. The Balaban J connectivity index is 0.00000190. The topological polar surface area (TPSA) is 82.5 Å². The molecule has 0 aliphatic carbocycles. The SMILES string of the molecule is CC.COC(=O)[C@H](Cc1cncn1Cc1ccccc1)NC(=O)OC(C)(C)C. The summed E-state index contributed by atoms with van der Waals surface area (Å²) in [5.74, 6) is -0.539. The fourth-order valence-corrected chi connectivity index (χ4v) is 2.44. The van der Waals surface area contributed by atoms with Crippen molar-refractivity contribution < 1.29 is 19.1 Å². The molecule has 0 fully saturated rings. The zero-order valence-electron chi connectivity index (χ0n) is 17.6. The highest BCUT2D eigenvalue weighted by atomic mass is 16.6. The van der Waals surface area contributed by atoms with E-state index in [1.165, 1.54) is 7.11 Å². The minimum atomic E-state index is -0.860. The Kier molecular flexibility index (Phi) is 9.21. The first-order valence-corrected chi connectivity index (χ1v) is 9.39. The van der Waals surface area contributed by atoms with E-state index in [-0.39, 0.29) is 6.42 Å². The second kappa shape index (κ2) is 11.1. The van der Waals surface area contributed by atoms with Crippen molar-refractivity contribution >= 4 is 12.1 Å². The number of nitrogens with zero attached hydrogens (tertiary/aromatic N) is 2. The van der Waals surface area contributed by atoms with Crippen molar-refractivity contribution in [1.82, 2.24) is 14.9 Å². The quantitative estimate of drug-likeness (QED) is 0.764. The van der Waals surface area contributed by atoms with Gasteiger partial charge in [-0.25, -0.2) is 14.6 Å². The second-order valence-electron chi connectivity index (χ2n) is 6.92. The summed E-state index contributed by atoms with van der Waals surface area (Å²) >= 11 is 0. The first kappa shape index (κ1) is 23.2. The largest absolute Gasteiger partial charge is 0.467 e. The molecule has 0 aliphatic rings. The van der Waals surface area contributed by atoms with E-state index in [1.54, 1.807) is 33.3 Å². The van der Waals surface area contributed by atoms with Crippen molar-refractivity contribution in [3.05, 3.63) is 54.1 Å². The Hall–Kier alpha value is -2.83. The monoisotopic (exact) mass is 389 g/mol. The molecule has 0 bridgehead atoms. The molecule has 2 aromatic rings. The highest BCUT2D eigenvalue weighted by Crippen LogP contribution is 2.11. The van der Waals surface area contributed by atoms with Crippen molar-refractivity contribution in [2.24, 2.45) is 0 Å². The zero-order chi connectivity index (χ0) is 21.2. The molecule has 28 heavy (non-hydrogen) atoms. The maximum atomic E-state index is 12.1. The van der Waals surface area contributed by atoms with Crippen LogP contribution in [0.4, 0.5) is 4.79 Å². The molecule has 154 valence electrons. The molecule has 1 heterocycles. The number of benzene rings is 1. The number of hydrogen-bond donors (Lipinski definition) is 1. The van der Waals surface area contributed by atoms with E-state index in [4.69, 9.17) is 9.47 Å². The van der Waals surface area contributed by atoms with Gasteiger partial charge < -0.3 is 19.4 Å². The van der Waals surface area contributed by atoms with Gasteiger partial charge in [-0.1, -0.05) is 44.2 Å². The molecule has 0 radical (unpaired) electrons. The maximum Gasteiger partial charge on any atom is 0.408 e. The van der Waals surface area contributed by atoms with Gasteiger partial charge in [0.1, 0.15) is 11.6 Å². The van der Waals surface area contributed by atoms with Gasteiger partial charge in [0.25, 0.3) is 0 Å². The van der Waals surface area contributed by atoms with E-state index >= 15 is 0 Å². The predicted molar refractivity (Wildman–Crippen MR) is 108 cm³/mol. The van der Waals surface area contributed by atoms with Crippen LogP contribution in [-0.4, -0.2) is 40.4 Å². The third-order valence-electron chi connectivity index (χ3n) is 3.58. The summed E-state index contributed by atoms with van der Waals surface area (Å²) < 4.78 is 12.0. The number of imidazole rings is 1. The molecule has 0 saturated heterocycles. The first-order valence-electron chi connectivity index (χ1n) is 9.39. The van der Waals surface area contributed by atoms with Gasteiger partial charge in [-0.2, -0.15) is 0 Å². The van der Waals surface area contributed by atoms with Crippen molar-refractivity contribution in [3.8, 4) is 0 Å². The predicted octanol–water partition coefficient (Wildman–Crippen LogP) is 3.57. The minimum Gasteiger partial charge on any atom is -0.467 e. The fraction of sp³-hybridized carbons (Fsp3) is 0.476. The standard InChI is InChI=1S/C19H25N3O4.C2H6/c1-19(2,3)26-18(24)21-16(17(23)25-4)10-15-11-20-13-22(15)12-14-8-6-5-7-9-14;1-2/h5-9,11,13,16H,10,12H2,1-4H3,(H,21,24);1-2H3/t16-;/m0./s1. The average molecular weight is 389 g/mol. The van der Waals surface area contributed by atoms with E-state index in [1.807, 2.05) is 48.7 Å². The third kappa shape index (κ3) is 7.82. The highest BCUT2D eigenvalue weighted by Gasteiger charge is 2.26. The van der Waals surface area contributed by atoms with Gasteiger partial charge in [-0.05, 0) is 26.3 Å². The van der Waals surface area contributed by atoms with Crippen LogP contribution in [0.3, 0.4) is 0 Å². The van der Waals surface area contributed by atoms with E-state index in [0.29, 0.717) is 6.54 Å². The Morgan fingerprint density at radius 1 is 1.18 bits per heavy atom. The molecular weight excluding hydrogens is 358 g/mol. The van der Waals surface area contributed by atoms with Gasteiger partial charge in [0.2, 0.25) is 0 Å². The van der Waals surface area contributed by atoms with E-state index in [9.17, 15) is 9.59 Å². The smallest absolute Gasteiger partial charge is 0.408 e. The molecule has 7 nitrogen and oxygen atoms in total. The number of carbonyl (C=O) groups excluding carboxylic acids is 2. The first-order chi connectivity index (χ1) is 13.3. The summed E-state index contributed by atoms with van der Waals surface area (Å²) in [6.07, 6.45) is 2.96. The van der Waals surface area contributed by atoms with Crippen LogP contribution in [0, 0.1) is 0 Å². The van der Waals surface area contributed by atoms with Gasteiger partial charge in [0.05, 0.1) is 13.4 Å². The molecule has 1 aromatic heterocycles. The van der Waals surface area contributed by atoms with Crippen molar-refractivity contribution in [1.29, 1.82) is 0 Å². The summed E-state index contributed by atoms with van der Waals surface area (Å²) in [6, 6.07) is 9.05. The number of aromatic nitrogens is 2. The fourth-order valence-electron chi connectivity index (χ4n) is 2.44. The second-order valence-corrected chi connectivity index (χ2v) is 6.92. The summed E-state index contributed by atoms with van der Waals surface area (Å²) in [4.78, 5) is 28.3. The Morgan fingerprint density at radius 2 is 1.82 bits per heavy atom. The van der Waals surface area contributed by atoms with Gasteiger partial charge >= 0.3 is 12.1 Å². The van der Waals surface area contributed by atoms with Crippen LogP contribution < -0.4 is 5.32 Å². The van der Waals surface area contributed by atoms with Crippen LogP contribution in [0.2, 0.25) is 0 Å². The number of carbonyl (C=O) groups is 2. The number of nitrogens with one attached hydrogen (secondary N) is 1. The van der Waals surface area contributed by atoms with Crippen molar-refractivity contribution in [2.45, 2.75) is 59.2 Å². The number of methoxy groups -OCH3 is 1. The molecule has 7 heteroatoms. The van der Waals surface area contributed by atoms with Crippen LogP contribution >= 0.6 is 0 Å². The lowest BCUT2D eigenvalue weighted by atomic mass is 10.1. The van der Waals surface area contributed by atoms with E-state index < -0.39 is 23.7 Å². The van der Waals surface area contributed by atoms with Crippen molar-refractivity contribution in [3.63, 3.8) is 0 Å². The lowest BCUT2D eigenvalue weighted by Crippen LogP contribution is -2.45. The summed E-state index contributed by atoms with van der Waals surface area (Å²) in [5, 5.41) is 2.58. The van der Waals surface area contributed by atoms with Crippen LogP contribution in [0.15, 0.2) is 42.9 Å². The summed E-state index contributed by atoms with van der Waals surface area (Å²) in [6.45, 7) is 9.90. The van der Waals surface area contributed by atoms with Crippen LogP contribution in [0.5, 0.6) is 0 Å². The molecule has 1 amide bonds. The molecule has 1 aromatic carbocycles. The van der Waals surface area contributed by atoms with Gasteiger partial charge in [-0.3, -0.25) is 0 Å². The molecule has 0 aliphatic heterocycles. The zero-order valence-corrected chi connectivity index (χ0v) is 17.6. The normalized spacial score (nSPS) is 11.6. The Bertz CT molecular complexity index is 736. The molecule has 0 saturated carbocycles. The lowest BCUT2D eigenvalue weighted by molar-refractivity contribution is -0.143. The average Bonchev–Trinajstić information content (AvgIpc) is 3.08. The van der Waals surface area contributed by atoms with Crippen LogP contribution in [-0.2, 0) is 27.2 Å². The minimum absolute atomic E-state index is 0.249. The van der Waals surface area contributed by atoms with E-state index in [2.05, 4.69) is 10.3 Å². The number of amides is 1. The Morgan fingerprint density at radius 3 is 2.39 bits per heavy atom. The van der Waals surface area contributed by atoms with Crippen molar-refractivity contribution in [2.75, 3.05) is 7.11 Å². The number of rotatable bonds is 6. The van der Waals surface area contributed by atoms with Crippen LogP contribution in [0.25, 0.3) is 0 Å². The molecule has 0 spiro atoms. The number of ether oxygens (including phenoxy) is 2. The molecular formula is C21H31N3O4. The van der Waals surface area contributed by atoms with E-state index in [0.717, 1.165) is 11.3 Å². The molecule has 0 unspecified atom stereocenters. The summed E-state index contributed by atoms with van der Waals surface area (Å²) in [5.41, 5.74) is 1.27. The van der Waals surface area contributed by atoms with Gasteiger partial charge in [0, 0.05) is 24.9 Å². The highest BCUT2D eigenvalue weighted by molar-refractivity contribution is 5.81. The summed E-state index contributed by atoms with van der Waals surface area (Å²) in [7, 11) is 1.29. The molecule has 1 N–H and O–H groups in total. The number of alkyl carbamates (subject to hydrolysis) is 1. The molecule has 2 rings (SSSR count). The lowest BCUT2D eigenvalue weighted by Gasteiger charge is -2.22. The third-order valence-corrected chi connectivity index (χ3v) is 3.58. The van der Waals surface area contributed by atoms with Gasteiger partial charge in [-0.15, -0.1) is 0 Å². The van der Waals surface area contributed by atoms with Gasteiger partial charge in [0.15, 0.2) is 0 Å². The molecule has 1 atom stereocenters. The maximum absolute atomic E-state index is 12.1. The number of esters is 1.